The molecule has 1 aromatic carbocycles. The molecule has 1 aromatic rings. The number of halogens is 1. The molecule has 4 nitrogen and oxygen atoms in total. The number of ether oxygens (including phenoxy) is 1. The van der Waals surface area contributed by atoms with Crippen molar-refractivity contribution in [1.29, 1.82) is 0 Å². The van der Waals surface area contributed by atoms with Crippen LogP contribution in [-0.4, -0.2) is 40.0 Å². The Kier molecular flexibility index (Phi) is 4.28. The average Bonchev–Trinajstić information content (AvgIpc) is 2.37. The number of hydrogen-bond acceptors (Lipinski definition) is 4. The SMILES string of the molecule is O=S(=O)(c1ccc(CC2CCNCC2)cc1F)C1COC1. The molecule has 0 saturated carbocycles. The first-order valence-electron chi connectivity index (χ1n) is 7.38. The van der Waals surface area contributed by atoms with Gasteiger partial charge in [-0.2, -0.15) is 0 Å². The lowest BCUT2D eigenvalue weighted by atomic mass is 9.91. The van der Waals surface area contributed by atoms with Crippen LogP contribution >= 0.6 is 0 Å². The van der Waals surface area contributed by atoms with Gasteiger partial charge in [0.25, 0.3) is 0 Å². The number of benzene rings is 1. The van der Waals surface area contributed by atoms with Crippen LogP contribution in [0.5, 0.6) is 0 Å². The van der Waals surface area contributed by atoms with Crippen molar-refractivity contribution in [3.05, 3.63) is 29.6 Å². The lowest BCUT2D eigenvalue weighted by Crippen LogP contribution is -2.40. The van der Waals surface area contributed by atoms with E-state index < -0.39 is 20.9 Å². The summed E-state index contributed by atoms with van der Waals surface area (Å²) in [6, 6.07) is 4.55. The fourth-order valence-electron chi connectivity index (χ4n) is 2.89. The molecule has 0 unspecified atom stereocenters. The molecule has 2 heterocycles. The van der Waals surface area contributed by atoms with Crippen LogP contribution in [0.1, 0.15) is 18.4 Å². The molecule has 21 heavy (non-hydrogen) atoms. The lowest BCUT2D eigenvalue weighted by Gasteiger charge is -2.26. The molecule has 3 rings (SSSR count). The minimum atomic E-state index is -3.59. The minimum Gasteiger partial charge on any atom is -0.379 e. The lowest BCUT2D eigenvalue weighted by molar-refractivity contribution is 0.0415. The molecule has 2 saturated heterocycles. The predicted octanol–water partition coefficient (Wildman–Crippen LogP) is 1.54. The highest BCUT2D eigenvalue weighted by Gasteiger charge is 2.35. The summed E-state index contributed by atoms with van der Waals surface area (Å²) in [4.78, 5) is -0.190. The highest BCUT2D eigenvalue weighted by atomic mass is 32.2. The van der Waals surface area contributed by atoms with Crippen molar-refractivity contribution in [2.24, 2.45) is 5.92 Å². The van der Waals surface area contributed by atoms with E-state index in [0.717, 1.165) is 37.9 Å². The van der Waals surface area contributed by atoms with Gasteiger partial charge in [-0.1, -0.05) is 6.07 Å². The molecule has 0 atom stereocenters. The van der Waals surface area contributed by atoms with Crippen LogP contribution < -0.4 is 5.32 Å². The molecule has 116 valence electrons. The summed E-state index contributed by atoms with van der Waals surface area (Å²) in [5.41, 5.74) is 0.878. The standard InChI is InChI=1S/C15H20FNO3S/c16-14-8-12(7-11-3-5-17-6-4-11)1-2-15(14)21(18,19)13-9-20-10-13/h1-2,8,11,13,17H,3-7,9-10H2. The summed E-state index contributed by atoms with van der Waals surface area (Å²) in [7, 11) is -3.59. The quantitative estimate of drug-likeness (QED) is 0.916. The fourth-order valence-corrected chi connectivity index (χ4v) is 4.39. The molecule has 2 aliphatic heterocycles. The second-order valence-corrected chi connectivity index (χ2v) is 8.06. The number of rotatable bonds is 4. The molecule has 0 aliphatic carbocycles. The zero-order valence-corrected chi connectivity index (χ0v) is 12.7. The van der Waals surface area contributed by atoms with Crippen molar-refractivity contribution >= 4 is 9.84 Å². The third kappa shape index (κ3) is 3.12. The molecule has 2 aliphatic rings. The Hall–Kier alpha value is -0.980. The fraction of sp³-hybridized carbons (Fsp3) is 0.600. The van der Waals surface area contributed by atoms with E-state index in [-0.39, 0.29) is 18.1 Å². The van der Waals surface area contributed by atoms with Gasteiger partial charge in [-0.15, -0.1) is 0 Å². The molecular formula is C15H20FNO3S. The Morgan fingerprint density at radius 1 is 1.24 bits per heavy atom. The molecule has 0 radical (unpaired) electrons. The topological polar surface area (TPSA) is 55.4 Å². The summed E-state index contributed by atoms with van der Waals surface area (Å²) in [5.74, 6) is -0.0820. The molecular weight excluding hydrogens is 293 g/mol. The van der Waals surface area contributed by atoms with Gasteiger partial charge < -0.3 is 10.1 Å². The summed E-state index contributed by atoms with van der Waals surface area (Å²) < 4.78 is 43.5. The van der Waals surface area contributed by atoms with E-state index in [9.17, 15) is 12.8 Å². The molecule has 0 spiro atoms. The van der Waals surface area contributed by atoms with Crippen LogP contribution in [0.15, 0.2) is 23.1 Å². The highest BCUT2D eigenvalue weighted by Crippen LogP contribution is 2.26. The van der Waals surface area contributed by atoms with Crippen LogP contribution in [-0.2, 0) is 21.0 Å². The number of nitrogens with one attached hydrogen (secondary N) is 1. The Labute approximate surface area is 124 Å². The Morgan fingerprint density at radius 2 is 1.95 bits per heavy atom. The van der Waals surface area contributed by atoms with Gasteiger partial charge in [0.15, 0.2) is 9.84 Å². The van der Waals surface area contributed by atoms with Gasteiger partial charge in [-0.05, 0) is 56.0 Å². The zero-order valence-electron chi connectivity index (χ0n) is 11.8. The normalized spacial score (nSPS) is 21.2. The largest absolute Gasteiger partial charge is 0.379 e. The Balaban J connectivity index is 1.76. The van der Waals surface area contributed by atoms with E-state index in [1.807, 2.05) is 0 Å². The van der Waals surface area contributed by atoms with Gasteiger partial charge in [0.1, 0.15) is 16.0 Å². The van der Waals surface area contributed by atoms with Crippen LogP contribution in [0.4, 0.5) is 4.39 Å². The van der Waals surface area contributed by atoms with Crippen molar-refractivity contribution < 1.29 is 17.5 Å². The molecule has 1 N–H and O–H groups in total. The van der Waals surface area contributed by atoms with E-state index in [1.165, 1.54) is 12.1 Å². The summed E-state index contributed by atoms with van der Waals surface area (Å²) in [6.07, 6.45) is 2.98. The summed E-state index contributed by atoms with van der Waals surface area (Å²) >= 11 is 0. The van der Waals surface area contributed by atoms with E-state index in [0.29, 0.717) is 5.92 Å². The average molecular weight is 313 g/mol. The third-order valence-electron chi connectivity index (χ3n) is 4.33. The molecule has 0 aromatic heterocycles. The first-order chi connectivity index (χ1) is 10.1. The third-order valence-corrected chi connectivity index (χ3v) is 6.43. The molecule has 0 bridgehead atoms. The Morgan fingerprint density at radius 3 is 2.52 bits per heavy atom. The maximum atomic E-state index is 14.2. The predicted molar refractivity (Wildman–Crippen MR) is 77.5 cm³/mol. The number of hydrogen-bond donors (Lipinski definition) is 1. The van der Waals surface area contributed by atoms with Crippen molar-refractivity contribution in [2.75, 3.05) is 26.3 Å². The van der Waals surface area contributed by atoms with Gasteiger partial charge in [-0.3, -0.25) is 0 Å². The highest BCUT2D eigenvalue weighted by molar-refractivity contribution is 7.92. The van der Waals surface area contributed by atoms with Gasteiger partial charge >= 0.3 is 0 Å². The van der Waals surface area contributed by atoms with E-state index in [4.69, 9.17) is 4.74 Å². The first-order valence-corrected chi connectivity index (χ1v) is 8.93. The van der Waals surface area contributed by atoms with Crippen LogP contribution in [0.2, 0.25) is 0 Å². The summed E-state index contributed by atoms with van der Waals surface area (Å²) in [6.45, 7) is 2.33. The van der Waals surface area contributed by atoms with E-state index in [2.05, 4.69) is 5.32 Å². The van der Waals surface area contributed by atoms with E-state index in [1.54, 1.807) is 6.07 Å². The maximum absolute atomic E-state index is 14.2. The first kappa shape index (κ1) is 14.9. The van der Waals surface area contributed by atoms with E-state index >= 15 is 0 Å². The van der Waals surface area contributed by atoms with Crippen LogP contribution in [0, 0.1) is 11.7 Å². The van der Waals surface area contributed by atoms with Crippen LogP contribution in [0.3, 0.4) is 0 Å². The molecule has 2 fully saturated rings. The molecule has 0 amide bonds. The van der Waals surface area contributed by atoms with Crippen LogP contribution in [0.25, 0.3) is 0 Å². The maximum Gasteiger partial charge on any atom is 0.188 e. The zero-order chi connectivity index (χ0) is 14.9. The van der Waals surface area contributed by atoms with Crippen molar-refractivity contribution in [3.63, 3.8) is 0 Å². The number of sulfone groups is 1. The number of piperidine rings is 1. The Bertz CT molecular complexity index is 607. The van der Waals surface area contributed by atoms with Crippen molar-refractivity contribution in [3.8, 4) is 0 Å². The van der Waals surface area contributed by atoms with Gasteiger partial charge in [-0.25, -0.2) is 12.8 Å². The van der Waals surface area contributed by atoms with Crippen molar-refractivity contribution in [1.82, 2.24) is 5.32 Å². The second kappa shape index (κ2) is 6.02. The monoisotopic (exact) mass is 313 g/mol. The minimum absolute atomic E-state index is 0.165. The van der Waals surface area contributed by atoms with Crippen molar-refractivity contribution in [2.45, 2.75) is 29.4 Å². The second-order valence-electron chi connectivity index (χ2n) is 5.87. The summed E-state index contributed by atoms with van der Waals surface area (Å²) in [5, 5.41) is 2.71. The molecule has 6 heteroatoms. The van der Waals surface area contributed by atoms with Gasteiger partial charge in [0.2, 0.25) is 0 Å². The van der Waals surface area contributed by atoms with Gasteiger partial charge in [0.05, 0.1) is 13.2 Å². The van der Waals surface area contributed by atoms with Gasteiger partial charge in [0, 0.05) is 0 Å². The smallest absolute Gasteiger partial charge is 0.188 e.